The number of nitrogens with two attached hydrogens (primary N) is 1. The van der Waals surface area contributed by atoms with Crippen LogP contribution in [-0.2, 0) is 9.31 Å². The maximum absolute atomic E-state index is 6.06. The van der Waals surface area contributed by atoms with E-state index in [-0.39, 0.29) is 18.3 Å². The average Bonchev–Trinajstić information content (AvgIpc) is 2.59. The molecule has 1 aliphatic heterocycles. The molecule has 1 heterocycles. The Balaban J connectivity index is 2.29. The molecule has 1 saturated heterocycles. The second kappa shape index (κ2) is 5.28. The largest absolute Gasteiger partial charge is 0.494 e. The Kier molecular flexibility index (Phi) is 4.00. The van der Waals surface area contributed by atoms with Crippen molar-refractivity contribution in [3.05, 3.63) is 18.2 Å². The molecular formula is C14H24BN3O2. The summed E-state index contributed by atoms with van der Waals surface area (Å²) in [5, 5.41) is 3.28. The lowest BCUT2D eigenvalue weighted by Crippen LogP contribution is -2.41. The Hall–Kier alpha value is -1.24. The molecule has 0 aliphatic carbocycles. The Labute approximate surface area is 121 Å². The first-order chi connectivity index (χ1) is 9.30. The molecule has 0 spiro atoms. The fraction of sp³-hybridized carbons (Fsp3) is 0.571. The zero-order valence-electron chi connectivity index (χ0n) is 12.9. The lowest BCUT2D eigenvalue weighted by atomic mass is 9.79. The highest BCUT2D eigenvalue weighted by atomic mass is 16.7. The first-order valence-electron chi connectivity index (χ1n) is 7.01. The topological polar surface area (TPSA) is 68.5 Å². The maximum atomic E-state index is 6.06. The van der Waals surface area contributed by atoms with Gasteiger partial charge in [0.25, 0.3) is 0 Å². The van der Waals surface area contributed by atoms with Gasteiger partial charge in [0.2, 0.25) is 0 Å². The summed E-state index contributed by atoms with van der Waals surface area (Å²) in [4.78, 5) is 0. The first-order valence-corrected chi connectivity index (χ1v) is 7.01. The number of hydrogen-bond acceptors (Lipinski definition) is 5. The minimum Gasteiger partial charge on any atom is -0.399 e. The number of nitrogens with one attached hydrogen (secondary N) is 2. The van der Waals surface area contributed by atoms with Gasteiger partial charge in [0, 0.05) is 6.54 Å². The number of nitrogen functional groups attached to an aromatic ring is 1. The molecule has 0 radical (unpaired) electrons. The van der Waals surface area contributed by atoms with Crippen molar-refractivity contribution in [3.63, 3.8) is 0 Å². The van der Waals surface area contributed by atoms with Crippen molar-refractivity contribution in [3.8, 4) is 0 Å². The molecule has 1 aromatic carbocycles. The fourth-order valence-electron chi connectivity index (χ4n) is 2.15. The molecule has 0 saturated carbocycles. The Bertz CT molecular complexity index is 475. The molecule has 0 bridgehead atoms. The number of hydrazine groups is 1. The van der Waals surface area contributed by atoms with Gasteiger partial charge in [0.1, 0.15) is 0 Å². The quantitative estimate of drug-likeness (QED) is 0.444. The van der Waals surface area contributed by atoms with E-state index in [4.69, 9.17) is 15.2 Å². The second-order valence-corrected chi connectivity index (χ2v) is 6.07. The van der Waals surface area contributed by atoms with Crippen LogP contribution >= 0.6 is 0 Å². The minimum absolute atomic E-state index is 0.333. The van der Waals surface area contributed by atoms with Crippen molar-refractivity contribution in [1.82, 2.24) is 0 Å². The maximum Gasteiger partial charge on any atom is 0.494 e. The molecule has 20 heavy (non-hydrogen) atoms. The minimum atomic E-state index is -0.357. The molecule has 6 heteroatoms. The van der Waals surface area contributed by atoms with Crippen LogP contribution in [0.25, 0.3) is 0 Å². The van der Waals surface area contributed by atoms with Crippen LogP contribution in [0.3, 0.4) is 0 Å². The molecule has 0 aromatic heterocycles. The van der Waals surface area contributed by atoms with Gasteiger partial charge in [-0.3, -0.25) is 5.84 Å². The summed E-state index contributed by atoms with van der Waals surface area (Å²) in [6.07, 6.45) is 0. The van der Waals surface area contributed by atoms with Crippen LogP contribution in [0.4, 0.5) is 11.4 Å². The van der Waals surface area contributed by atoms with E-state index in [0.29, 0.717) is 0 Å². The van der Waals surface area contributed by atoms with Gasteiger partial charge < -0.3 is 20.1 Å². The van der Waals surface area contributed by atoms with E-state index in [1.165, 1.54) is 0 Å². The Morgan fingerprint density at radius 1 is 1.10 bits per heavy atom. The predicted molar refractivity (Wildman–Crippen MR) is 84.1 cm³/mol. The van der Waals surface area contributed by atoms with E-state index >= 15 is 0 Å². The zero-order valence-corrected chi connectivity index (χ0v) is 12.9. The Morgan fingerprint density at radius 2 is 1.70 bits per heavy atom. The summed E-state index contributed by atoms with van der Waals surface area (Å²) in [5.41, 5.74) is 4.81. The van der Waals surface area contributed by atoms with E-state index in [0.717, 1.165) is 23.4 Å². The normalized spacial score (nSPS) is 20.0. The summed E-state index contributed by atoms with van der Waals surface area (Å²) in [6, 6.07) is 5.91. The van der Waals surface area contributed by atoms with Gasteiger partial charge in [0.15, 0.2) is 0 Å². The monoisotopic (exact) mass is 277 g/mol. The number of hydrogen-bond donors (Lipinski definition) is 3. The standard InChI is InChI=1S/C14H24BN3O2/c1-6-17-12-9-10(7-8-11(12)18-16)15-19-13(2,3)14(4,5)20-15/h7-9,17-18H,6,16H2,1-5H3. The molecule has 2 rings (SSSR count). The van der Waals surface area contributed by atoms with Gasteiger partial charge in [0.05, 0.1) is 22.6 Å². The first kappa shape index (κ1) is 15.2. The van der Waals surface area contributed by atoms with Crippen LogP contribution in [-0.4, -0.2) is 24.9 Å². The third-order valence-electron chi connectivity index (χ3n) is 4.09. The lowest BCUT2D eigenvalue weighted by Gasteiger charge is -2.32. The molecule has 1 aromatic rings. The number of benzene rings is 1. The predicted octanol–water partition coefficient (Wildman–Crippen LogP) is 1.70. The van der Waals surface area contributed by atoms with Gasteiger partial charge in [-0.05, 0) is 52.2 Å². The van der Waals surface area contributed by atoms with Crippen molar-refractivity contribution >= 4 is 24.0 Å². The van der Waals surface area contributed by atoms with Crippen molar-refractivity contribution in [2.75, 3.05) is 17.3 Å². The van der Waals surface area contributed by atoms with Crippen LogP contribution < -0.4 is 22.0 Å². The summed E-state index contributed by atoms with van der Waals surface area (Å²) >= 11 is 0. The number of anilines is 2. The zero-order chi connectivity index (χ0) is 15.0. The van der Waals surface area contributed by atoms with E-state index in [9.17, 15) is 0 Å². The fourth-order valence-corrected chi connectivity index (χ4v) is 2.15. The third kappa shape index (κ3) is 2.64. The van der Waals surface area contributed by atoms with Crippen molar-refractivity contribution in [2.24, 2.45) is 5.84 Å². The molecule has 0 amide bonds. The van der Waals surface area contributed by atoms with Gasteiger partial charge in [-0.1, -0.05) is 6.07 Å². The van der Waals surface area contributed by atoms with Crippen LogP contribution in [0.2, 0.25) is 0 Å². The van der Waals surface area contributed by atoms with Gasteiger partial charge >= 0.3 is 7.12 Å². The molecule has 1 fully saturated rings. The van der Waals surface area contributed by atoms with Crippen LogP contribution in [0, 0.1) is 0 Å². The molecular weight excluding hydrogens is 253 g/mol. The van der Waals surface area contributed by atoms with Crippen molar-refractivity contribution in [2.45, 2.75) is 45.8 Å². The Morgan fingerprint density at radius 3 is 2.20 bits per heavy atom. The highest BCUT2D eigenvalue weighted by Gasteiger charge is 2.51. The third-order valence-corrected chi connectivity index (χ3v) is 4.09. The SMILES string of the molecule is CCNc1cc(B2OC(C)(C)C(C)(C)O2)ccc1NN. The molecule has 4 N–H and O–H groups in total. The summed E-state index contributed by atoms with van der Waals surface area (Å²) in [6.45, 7) is 11.1. The van der Waals surface area contributed by atoms with E-state index in [1.54, 1.807) is 0 Å². The molecule has 5 nitrogen and oxygen atoms in total. The van der Waals surface area contributed by atoms with Crippen molar-refractivity contribution in [1.29, 1.82) is 0 Å². The average molecular weight is 277 g/mol. The van der Waals surface area contributed by atoms with Crippen LogP contribution in [0.15, 0.2) is 18.2 Å². The molecule has 0 unspecified atom stereocenters. The second-order valence-electron chi connectivity index (χ2n) is 6.07. The molecule has 1 aliphatic rings. The van der Waals surface area contributed by atoms with E-state index < -0.39 is 0 Å². The molecule has 0 atom stereocenters. The summed E-state index contributed by atoms with van der Waals surface area (Å²) in [7, 11) is -0.357. The lowest BCUT2D eigenvalue weighted by molar-refractivity contribution is 0.00578. The van der Waals surface area contributed by atoms with E-state index in [2.05, 4.69) is 10.7 Å². The molecule has 110 valence electrons. The number of rotatable bonds is 4. The van der Waals surface area contributed by atoms with Crippen LogP contribution in [0.1, 0.15) is 34.6 Å². The van der Waals surface area contributed by atoms with Gasteiger partial charge in [-0.2, -0.15) is 0 Å². The summed E-state index contributed by atoms with van der Waals surface area (Å²) in [5.74, 6) is 5.52. The van der Waals surface area contributed by atoms with Crippen molar-refractivity contribution < 1.29 is 9.31 Å². The van der Waals surface area contributed by atoms with E-state index in [1.807, 2.05) is 52.8 Å². The van der Waals surface area contributed by atoms with Crippen LogP contribution in [0.5, 0.6) is 0 Å². The highest BCUT2D eigenvalue weighted by molar-refractivity contribution is 6.62. The van der Waals surface area contributed by atoms with Gasteiger partial charge in [-0.25, -0.2) is 0 Å². The smallest absolute Gasteiger partial charge is 0.399 e. The summed E-state index contributed by atoms with van der Waals surface area (Å²) < 4.78 is 12.1. The highest BCUT2D eigenvalue weighted by Crippen LogP contribution is 2.36. The van der Waals surface area contributed by atoms with Gasteiger partial charge in [-0.15, -0.1) is 0 Å².